The number of carboxylic acid groups (broad SMARTS) is 1. The molecule has 0 bridgehead atoms. The van der Waals surface area contributed by atoms with Gasteiger partial charge in [-0.05, 0) is 56.0 Å². The van der Waals surface area contributed by atoms with E-state index in [0.717, 1.165) is 29.0 Å². The van der Waals surface area contributed by atoms with Crippen molar-refractivity contribution in [1.82, 2.24) is 0 Å². The smallest absolute Gasteiger partial charge is 0.328 e. The lowest BCUT2D eigenvalue weighted by Gasteiger charge is -2.22. The van der Waals surface area contributed by atoms with E-state index in [9.17, 15) is 4.79 Å². The summed E-state index contributed by atoms with van der Waals surface area (Å²) in [6.07, 6.45) is 7.76. The van der Waals surface area contributed by atoms with Crippen molar-refractivity contribution in [3.05, 3.63) is 53.1 Å². The molecule has 0 amide bonds. The molecule has 1 rings (SSSR count). The van der Waals surface area contributed by atoms with Crippen molar-refractivity contribution in [2.75, 3.05) is 25.6 Å². The van der Waals surface area contributed by atoms with Gasteiger partial charge in [-0.1, -0.05) is 25.2 Å². The first kappa shape index (κ1) is 20.6. The van der Waals surface area contributed by atoms with E-state index in [2.05, 4.69) is 30.9 Å². The van der Waals surface area contributed by atoms with Crippen molar-refractivity contribution >= 4 is 17.2 Å². The highest BCUT2D eigenvalue weighted by Crippen LogP contribution is 2.36. The average molecular weight is 343 g/mol. The highest BCUT2D eigenvalue weighted by Gasteiger charge is 2.14. The van der Waals surface area contributed by atoms with Crippen molar-refractivity contribution in [3.8, 4) is 5.75 Å². The van der Waals surface area contributed by atoms with E-state index in [4.69, 9.17) is 9.84 Å². The minimum atomic E-state index is -0.938. The Morgan fingerprint density at radius 1 is 1.28 bits per heavy atom. The van der Waals surface area contributed by atoms with E-state index in [0.29, 0.717) is 12.2 Å². The Bertz CT molecular complexity index is 697. The number of allylic oxidation sites excluding steroid dienone is 5. The molecule has 1 N–H and O–H groups in total. The second kappa shape index (κ2) is 9.72. The molecule has 0 saturated heterocycles. The van der Waals surface area contributed by atoms with Crippen molar-refractivity contribution < 1.29 is 14.6 Å². The standard InChI is InChI=1S/C21H29NO3/c1-7-11-25-21-18(12-16(3)13-19(21)22(5)6)17(4)10-8-9-15(2)14-20(23)24/h8-10,12-14H,7,11H2,1-6H3,(H,23,24)/b9-8+,15-14+,17-10-. The summed E-state index contributed by atoms with van der Waals surface area (Å²) in [7, 11) is 4.02. The molecule has 0 spiro atoms. The van der Waals surface area contributed by atoms with Crippen LogP contribution in [0, 0.1) is 6.92 Å². The molecule has 0 aliphatic rings. The number of aryl methyl sites for hydroxylation is 1. The molecule has 1 aromatic carbocycles. The van der Waals surface area contributed by atoms with Gasteiger partial charge in [-0.2, -0.15) is 0 Å². The second-order valence-corrected chi connectivity index (χ2v) is 6.34. The summed E-state index contributed by atoms with van der Waals surface area (Å²) in [6, 6.07) is 4.25. The van der Waals surface area contributed by atoms with Crippen LogP contribution in [0.4, 0.5) is 5.69 Å². The fraction of sp³-hybridized carbons (Fsp3) is 0.381. The monoisotopic (exact) mass is 343 g/mol. The molecule has 0 unspecified atom stereocenters. The van der Waals surface area contributed by atoms with Gasteiger partial charge in [-0.3, -0.25) is 0 Å². The molecular weight excluding hydrogens is 314 g/mol. The first-order chi connectivity index (χ1) is 11.8. The van der Waals surface area contributed by atoms with Gasteiger partial charge in [-0.25, -0.2) is 4.79 Å². The van der Waals surface area contributed by atoms with Gasteiger partial charge >= 0.3 is 5.97 Å². The molecule has 0 fully saturated rings. The minimum Gasteiger partial charge on any atom is -0.491 e. The zero-order valence-electron chi connectivity index (χ0n) is 16.1. The molecule has 25 heavy (non-hydrogen) atoms. The fourth-order valence-electron chi connectivity index (χ4n) is 2.41. The van der Waals surface area contributed by atoms with Crippen LogP contribution >= 0.6 is 0 Å². The van der Waals surface area contributed by atoms with Gasteiger partial charge in [0.15, 0.2) is 0 Å². The van der Waals surface area contributed by atoms with E-state index in [1.165, 1.54) is 11.6 Å². The normalized spacial score (nSPS) is 12.6. The maximum atomic E-state index is 10.7. The highest BCUT2D eigenvalue weighted by molar-refractivity contribution is 5.81. The molecule has 136 valence electrons. The van der Waals surface area contributed by atoms with Crippen LogP contribution < -0.4 is 9.64 Å². The Kier molecular flexibility index (Phi) is 7.99. The molecular formula is C21H29NO3. The predicted molar refractivity (Wildman–Crippen MR) is 105 cm³/mol. The summed E-state index contributed by atoms with van der Waals surface area (Å²) in [5.74, 6) is -0.0511. The summed E-state index contributed by atoms with van der Waals surface area (Å²) in [5, 5.41) is 8.76. The topological polar surface area (TPSA) is 49.8 Å². The van der Waals surface area contributed by atoms with Gasteiger partial charge in [0.2, 0.25) is 0 Å². The van der Waals surface area contributed by atoms with Crippen LogP contribution in [0.25, 0.3) is 5.57 Å². The first-order valence-corrected chi connectivity index (χ1v) is 8.47. The van der Waals surface area contributed by atoms with Crippen molar-refractivity contribution in [2.45, 2.75) is 34.1 Å². The Morgan fingerprint density at radius 3 is 2.52 bits per heavy atom. The molecule has 0 aliphatic carbocycles. The maximum Gasteiger partial charge on any atom is 0.328 e. The molecule has 0 atom stereocenters. The Hall–Kier alpha value is -2.49. The highest BCUT2D eigenvalue weighted by atomic mass is 16.5. The van der Waals surface area contributed by atoms with Gasteiger partial charge in [-0.15, -0.1) is 0 Å². The van der Waals surface area contributed by atoms with Gasteiger partial charge in [0.25, 0.3) is 0 Å². The largest absolute Gasteiger partial charge is 0.491 e. The van der Waals surface area contributed by atoms with Crippen LogP contribution in [0.3, 0.4) is 0 Å². The summed E-state index contributed by atoms with van der Waals surface area (Å²) < 4.78 is 6.04. The number of hydrogen-bond acceptors (Lipinski definition) is 3. The van der Waals surface area contributed by atoms with Crippen LogP contribution in [0.1, 0.15) is 38.3 Å². The number of nitrogens with zero attached hydrogens (tertiary/aromatic N) is 1. The van der Waals surface area contributed by atoms with Gasteiger partial charge in [0, 0.05) is 25.7 Å². The zero-order valence-corrected chi connectivity index (χ0v) is 16.1. The van der Waals surface area contributed by atoms with E-state index >= 15 is 0 Å². The summed E-state index contributed by atoms with van der Waals surface area (Å²) >= 11 is 0. The van der Waals surface area contributed by atoms with Gasteiger partial charge < -0.3 is 14.7 Å². The summed E-state index contributed by atoms with van der Waals surface area (Å²) in [4.78, 5) is 12.7. The third-order valence-corrected chi connectivity index (χ3v) is 3.63. The van der Waals surface area contributed by atoms with Crippen LogP contribution in [0.5, 0.6) is 5.75 Å². The first-order valence-electron chi connectivity index (χ1n) is 8.47. The SMILES string of the molecule is CCCOc1c(\C(C)=C/C=C/C(C)=C/C(=O)O)cc(C)cc1N(C)C. The second-order valence-electron chi connectivity index (χ2n) is 6.34. The average Bonchev–Trinajstić information content (AvgIpc) is 2.51. The van der Waals surface area contributed by atoms with E-state index in [1.807, 2.05) is 33.2 Å². The van der Waals surface area contributed by atoms with Crippen LogP contribution in [0.15, 0.2) is 42.0 Å². The third-order valence-electron chi connectivity index (χ3n) is 3.63. The Balaban J connectivity index is 3.26. The van der Waals surface area contributed by atoms with E-state index in [1.54, 1.807) is 13.0 Å². The minimum absolute atomic E-state index is 0.667. The van der Waals surface area contributed by atoms with E-state index in [-0.39, 0.29) is 0 Å². The number of anilines is 1. The number of hydrogen-bond donors (Lipinski definition) is 1. The predicted octanol–water partition coefficient (Wildman–Crippen LogP) is 4.84. The fourth-order valence-corrected chi connectivity index (χ4v) is 2.41. The van der Waals surface area contributed by atoms with Crippen LogP contribution in [0.2, 0.25) is 0 Å². The number of rotatable bonds is 8. The lowest BCUT2D eigenvalue weighted by Crippen LogP contribution is -2.12. The molecule has 1 aromatic rings. The lowest BCUT2D eigenvalue weighted by molar-refractivity contribution is -0.131. The third kappa shape index (κ3) is 6.49. The number of aliphatic carboxylic acids is 1. The summed E-state index contributed by atoms with van der Waals surface area (Å²) in [5.41, 5.74) is 5.04. The quantitative estimate of drug-likeness (QED) is 0.542. The molecule has 4 heteroatoms. The molecule has 0 aromatic heterocycles. The maximum absolute atomic E-state index is 10.7. The lowest BCUT2D eigenvalue weighted by atomic mass is 10.0. The van der Waals surface area contributed by atoms with Crippen molar-refractivity contribution in [3.63, 3.8) is 0 Å². The molecule has 0 aliphatic heterocycles. The van der Waals surface area contributed by atoms with Gasteiger partial charge in [0.1, 0.15) is 5.75 Å². The number of benzene rings is 1. The zero-order chi connectivity index (χ0) is 19.0. The molecule has 4 nitrogen and oxygen atoms in total. The van der Waals surface area contributed by atoms with Crippen molar-refractivity contribution in [1.29, 1.82) is 0 Å². The number of carboxylic acids is 1. The molecule has 0 heterocycles. The van der Waals surface area contributed by atoms with E-state index < -0.39 is 5.97 Å². The number of carbonyl (C=O) groups is 1. The molecule has 0 radical (unpaired) electrons. The summed E-state index contributed by atoms with van der Waals surface area (Å²) in [6.45, 7) is 8.63. The Morgan fingerprint density at radius 2 is 1.96 bits per heavy atom. The molecule has 0 saturated carbocycles. The Labute approximate surface area is 151 Å². The van der Waals surface area contributed by atoms with Crippen LogP contribution in [-0.2, 0) is 4.79 Å². The van der Waals surface area contributed by atoms with Gasteiger partial charge in [0.05, 0.1) is 12.3 Å². The number of ether oxygens (including phenoxy) is 1. The van der Waals surface area contributed by atoms with Crippen molar-refractivity contribution in [2.24, 2.45) is 0 Å². The van der Waals surface area contributed by atoms with Crippen LogP contribution in [-0.4, -0.2) is 31.8 Å².